The van der Waals surface area contributed by atoms with Crippen molar-refractivity contribution in [3.8, 4) is 16.8 Å². The minimum absolute atomic E-state index is 0.0190. The summed E-state index contributed by atoms with van der Waals surface area (Å²) in [6.45, 7) is 21.1. The second kappa shape index (κ2) is 11.3. The number of pyridine rings is 2. The molecule has 1 amide bonds. The summed E-state index contributed by atoms with van der Waals surface area (Å²) < 4.78 is 1.64. The summed E-state index contributed by atoms with van der Waals surface area (Å²) in [6, 6.07) is 15.0. The maximum Gasteiger partial charge on any atom is 0.274 e. The normalized spacial score (nSPS) is 15.2. The molecule has 0 spiro atoms. The maximum atomic E-state index is 14.4. The summed E-state index contributed by atoms with van der Waals surface area (Å²) >= 11 is 6.99. The van der Waals surface area contributed by atoms with Gasteiger partial charge < -0.3 is 15.5 Å². The molecule has 9 heteroatoms. The zero-order valence-corrected chi connectivity index (χ0v) is 24.9. The fourth-order valence-electron chi connectivity index (χ4n) is 5.88. The van der Waals surface area contributed by atoms with E-state index in [1.807, 2.05) is 56.3 Å². The molecule has 1 aliphatic heterocycles. The van der Waals surface area contributed by atoms with Crippen LogP contribution in [-0.4, -0.2) is 46.0 Å². The van der Waals surface area contributed by atoms with Crippen molar-refractivity contribution >= 4 is 45.6 Å². The zero-order chi connectivity index (χ0) is 30.3. The predicted molar refractivity (Wildman–Crippen MR) is 171 cm³/mol. The van der Waals surface area contributed by atoms with Gasteiger partial charge in [-0.1, -0.05) is 50.2 Å². The van der Waals surface area contributed by atoms with Crippen LogP contribution in [0.4, 0.5) is 17.2 Å². The van der Waals surface area contributed by atoms with Gasteiger partial charge in [0, 0.05) is 52.9 Å². The van der Waals surface area contributed by atoms with Crippen molar-refractivity contribution in [2.24, 2.45) is 0 Å². The Kier molecular flexibility index (Phi) is 7.81. The van der Waals surface area contributed by atoms with E-state index >= 15 is 0 Å². The number of carbonyl (C=O) groups excluding carboxylic acids is 1. The van der Waals surface area contributed by atoms with E-state index in [-0.39, 0.29) is 23.6 Å². The number of aromatic nitrogens is 2. The van der Waals surface area contributed by atoms with Crippen molar-refractivity contribution in [3.63, 3.8) is 0 Å². The topological polar surface area (TPSA) is 88.8 Å². The number of rotatable bonds is 5. The van der Waals surface area contributed by atoms with Gasteiger partial charge in [-0.25, -0.2) is 9.83 Å². The molecule has 2 N–H and O–H groups in total. The van der Waals surface area contributed by atoms with E-state index < -0.39 is 5.56 Å². The molecular formula is C33H33ClN6O2. The molecule has 0 bridgehead atoms. The molecule has 3 heterocycles. The molecule has 1 atom stereocenters. The van der Waals surface area contributed by atoms with E-state index in [0.717, 1.165) is 11.1 Å². The van der Waals surface area contributed by atoms with Gasteiger partial charge in [-0.05, 0) is 61.7 Å². The molecule has 214 valence electrons. The Bertz CT molecular complexity index is 1840. The van der Waals surface area contributed by atoms with Crippen LogP contribution in [-0.2, 0) is 4.79 Å². The Morgan fingerprint density at radius 1 is 1.19 bits per heavy atom. The van der Waals surface area contributed by atoms with Gasteiger partial charge in [-0.3, -0.25) is 14.2 Å². The average Bonchev–Trinajstić information content (AvgIpc) is 2.96. The number of carbonyl (C=O) groups is 1. The predicted octanol–water partition coefficient (Wildman–Crippen LogP) is 6.49. The van der Waals surface area contributed by atoms with Gasteiger partial charge in [-0.15, -0.1) is 0 Å². The number of fused-ring (bicyclic) bond motifs is 1. The SMILES string of the molecule is [C-]#[N+]c1c(N2CCN(C(=O)C=C)C[C@@H]2C)c2cc(Cl)c(-c3ccc(N)nc3C)cc2n(-c2ccccc2C(C)C)c1=O. The van der Waals surface area contributed by atoms with Crippen LogP contribution < -0.4 is 16.2 Å². The highest BCUT2D eigenvalue weighted by Gasteiger charge is 2.31. The first kappa shape index (κ1) is 28.9. The molecular weight excluding hydrogens is 548 g/mol. The van der Waals surface area contributed by atoms with Crippen molar-refractivity contribution in [1.82, 2.24) is 14.5 Å². The minimum atomic E-state index is -0.405. The molecule has 4 aromatic rings. The number of para-hydroxylation sites is 1. The molecule has 1 fully saturated rings. The molecule has 0 saturated carbocycles. The van der Waals surface area contributed by atoms with Crippen LogP contribution in [0, 0.1) is 13.5 Å². The van der Waals surface area contributed by atoms with Crippen molar-refractivity contribution in [3.05, 3.63) is 99.2 Å². The lowest BCUT2D eigenvalue weighted by Crippen LogP contribution is -2.53. The van der Waals surface area contributed by atoms with E-state index in [1.165, 1.54) is 6.08 Å². The molecule has 0 unspecified atom stereocenters. The van der Waals surface area contributed by atoms with Gasteiger partial charge in [0.1, 0.15) is 5.82 Å². The van der Waals surface area contributed by atoms with Crippen LogP contribution in [0.25, 0.3) is 32.6 Å². The molecule has 1 aliphatic rings. The van der Waals surface area contributed by atoms with Crippen molar-refractivity contribution in [1.29, 1.82) is 0 Å². The molecule has 0 radical (unpaired) electrons. The number of hydrogen-bond acceptors (Lipinski definition) is 5. The number of aryl methyl sites for hydroxylation is 1. The van der Waals surface area contributed by atoms with Gasteiger partial charge in [-0.2, -0.15) is 0 Å². The molecule has 2 aromatic heterocycles. The Balaban J connectivity index is 1.87. The minimum Gasteiger partial charge on any atom is -0.384 e. The smallest absolute Gasteiger partial charge is 0.274 e. The van der Waals surface area contributed by atoms with E-state index in [4.69, 9.17) is 23.9 Å². The first-order valence-corrected chi connectivity index (χ1v) is 14.3. The van der Waals surface area contributed by atoms with Crippen molar-refractivity contribution in [2.75, 3.05) is 30.3 Å². The van der Waals surface area contributed by atoms with Crippen LogP contribution in [0.15, 0.2) is 66.0 Å². The lowest BCUT2D eigenvalue weighted by molar-refractivity contribution is -0.126. The summed E-state index contributed by atoms with van der Waals surface area (Å²) in [4.78, 5) is 38.8. The van der Waals surface area contributed by atoms with Crippen molar-refractivity contribution < 1.29 is 4.79 Å². The highest BCUT2D eigenvalue weighted by atomic mass is 35.5. The first-order valence-electron chi connectivity index (χ1n) is 13.9. The molecule has 2 aromatic carbocycles. The fourth-order valence-corrected chi connectivity index (χ4v) is 6.15. The third kappa shape index (κ3) is 4.90. The third-order valence-corrected chi connectivity index (χ3v) is 8.23. The standard InChI is InChI=1S/C33H33ClN6O2/c1-7-30(41)38-14-15-39(20(4)18-38)32-25-16-26(34)24(23-12-13-29(35)37-21(23)5)17-28(25)40(33(42)31(32)36-6)27-11-9-8-10-22(27)19(2)3/h7-13,16-17,19-20H,1,14-15,18H2,2-5H3,(H2,35,37)/t20-/m0/s1. The number of amides is 1. The molecule has 42 heavy (non-hydrogen) atoms. The monoisotopic (exact) mass is 580 g/mol. The maximum absolute atomic E-state index is 14.4. The molecule has 0 aliphatic carbocycles. The molecule has 8 nitrogen and oxygen atoms in total. The third-order valence-electron chi connectivity index (χ3n) is 7.92. The Morgan fingerprint density at radius 2 is 1.93 bits per heavy atom. The summed E-state index contributed by atoms with van der Waals surface area (Å²) in [6.07, 6.45) is 1.31. The quantitative estimate of drug-likeness (QED) is 0.215. The van der Waals surface area contributed by atoms with Crippen molar-refractivity contribution in [2.45, 2.75) is 39.7 Å². The summed E-state index contributed by atoms with van der Waals surface area (Å²) in [7, 11) is 0. The van der Waals surface area contributed by atoms with Gasteiger partial charge in [0.15, 0.2) is 0 Å². The Hall–Kier alpha value is -4.61. The van der Waals surface area contributed by atoms with E-state index in [9.17, 15) is 9.59 Å². The van der Waals surface area contributed by atoms with Crippen LogP contribution in [0.3, 0.4) is 0 Å². The number of benzene rings is 2. The van der Waals surface area contributed by atoms with Gasteiger partial charge >= 0.3 is 0 Å². The van der Waals surface area contributed by atoms with E-state index in [2.05, 4.69) is 35.2 Å². The summed E-state index contributed by atoms with van der Waals surface area (Å²) in [5.41, 5.74) is 10.6. The Morgan fingerprint density at radius 3 is 2.57 bits per heavy atom. The second-order valence-corrected chi connectivity index (χ2v) is 11.3. The summed E-state index contributed by atoms with van der Waals surface area (Å²) in [5.74, 6) is 0.394. The summed E-state index contributed by atoms with van der Waals surface area (Å²) in [5, 5.41) is 1.15. The number of halogens is 1. The van der Waals surface area contributed by atoms with Gasteiger partial charge in [0.25, 0.3) is 11.2 Å². The Labute approximate surface area is 250 Å². The number of piperazine rings is 1. The number of nitrogens with two attached hydrogens (primary N) is 1. The largest absolute Gasteiger partial charge is 0.384 e. The second-order valence-electron chi connectivity index (χ2n) is 10.9. The van der Waals surface area contributed by atoms with E-state index in [0.29, 0.717) is 64.0 Å². The first-order chi connectivity index (χ1) is 20.1. The van der Waals surface area contributed by atoms with E-state index in [1.54, 1.807) is 15.5 Å². The van der Waals surface area contributed by atoms with Gasteiger partial charge in [0.2, 0.25) is 5.91 Å². The van der Waals surface area contributed by atoms with Gasteiger partial charge in [0.05, 0.1) is 23.5 Å². The van der Waals surface area contributed by atoms with Crippen LogP contribution in [0.1, 0.15) is 37.9 Å². The molecule has 5 rings (SSSR count). The zero-order valence-electron chi connectivity index (χ0n) is 24.2. The number of anilines is 2. The van der Waals surface area contributed by atoms with Crippen LogP contribution in [0.2, 0.25) is 5.02 Å². The number of nitrogens with zero attached hydrogens (tertiary/aromatic N) is 5. The fraction of sp³-hybridized carbons (Fsp3) is 0.273. The lowest BCUT2D eigenvalue weighted by Gasteiger charge is -2.42. The van der Waals surface area contributed by atoms with Crippen LogP contribution >= 0.6 is 11.6 Å². The van der Waals surface area contributed by atoms with Crippen LogP contribution in [0.5, 0.6) is 0 Å². The molecule has 1 saturated heterocycles. The highest BCUT2D eigenvalue weighted by molar-refractivity contribution is 6.34. The average molecular weight is 581 g/mol. The number of hydrogen-bond donors (Lipinski definition) is 1. The highest BCUT2D eigenvalue weighted by Crippen LogP contribution is 2.42. The lowest BCUT2D eigenvalue weighted by atomic mass is 9.98. The number of nitrogen functional groups attached to an aromatic ring is 1.